The quantitative estimate of drug-likeness (QED) is 0.893. The average Bonchev–Trinajstić information content (AvgIpc) is 3.39. The molecule has 0 radical (unpaired) electrons. The Kier molecular flexibility index (Phi) is 3.45. The number of piperidine rings is 1. The van der Waals surface area contributed by atoms with Crippen molar-refractivity contribution in [2.45, 2.75) is 50.6 Å². The number of nitrogens with zero attached hydrogens (tertiary/aromatic N) is 3. The first-order valence-electron chi connectivity index (χ1n) is 8.37. The van der Waals surface area contributed by atoms with Crippen LogP contribution in [-0.4, -0.2) is 35.2 Å². The van der Waals surface area contributed by atoms with Gasteiger partial charge >= 0.3 is 0 Å². The summed E-state index contributed by atoms with van der Waals surface area (Å²) in [4.78, 5) is 19.0. The normalized spacial score (nSPS) is 23.5. The maximum absolute atomic E-state index is 12.5. The van der Waals surface area contributed by atoms with Crippen LogP contribution >= 0.6 is 0 Å². The molecule has 1 aromatic heterocycles. The molecule has 1 aromatic rings. The predicted molar refractivity (Wildman–Crippen MR) is 82.7 cm³/mol. The van der Waals surface area contributed by atoms with Crippen LogP contribution in [0.1, 0.15) is 44.6 Å². The smallest absolute Gasteiger partial charge is 0.293 e. The fourth-order valence-corrected chi connectivity index (χ4v) is 3.22. The molecular formula is C16H24N4O. The molecular weight excluding hydrogens is 264 g/mol. The minimum absolute atomic E-state index is 0.101. The molecule has 1 N–H and O–H groups in total. The van der Waals surface area contributed by atoms with Crippen molar-refractivity contribution in [2.24, 2.45) is 5.92 Å². The van der Waals surface area contributed by atoms with Crippen molar-refractivity contribution >= 4 is 5.82 Å². The first-order chi connectivity index (χ1) is 10.3. The highest BCUT2D eigenvalue weighted by molar-refractivity contribution is 5.36. The largest absolute Gasteiger partial charge is 0.352 e. The lowest BCUT2D eigenvalue weighted by atomic mass is 10.0. The van der Waals surface area contributed by atoms with Crippen LogP contribution in [-0.2, 0) is 0 Å². The van der Waals surface area contributed by atoms with Crippen LogP contribution in [0.2, 0.25) is 0 Å². The lowest BCUT2D eigenvalue weighted by molar-refractivity contribution is 0.406. The monoisotopic (exact) mass is 288 g/mol. The van der Waals surface area contributed by atoms with Gasteiger partial charge in [0.05, 0.1) is 0 Å². The summed E-state index contributed by atoms with van der Waals surface area (Å²) < 4.78 is 1.87. The van der Waals surface area contributed by atoms with Crippen LogP contribution in [0.3, 0.4) is 0 Å². The number of hydrogen-bond donors (Lipinski definition) is 1. The van der Waals surface area contributed by atoms with Gasteiger partial charge in [-0.05, 0) is 51.0 Å². The third kappa shape index (κ3) is 2.98. The summed E-state index contributed by atoms with van der Waals surface area (Å²) in [6.07, 6.45) is 10.9. The second-order valence-corrected chi connectivity index (χ2v) is 6.81. The molecule has 0 bridgehead atoms. The standard InChI is InChI=1S/C16H24N4O/c21-16-15(17-7-10-20(16)14-3-4-14)19-8-5-13(6-9-19)18-11-12-1-2-12/h7,10,12-14,18H,1-6,8-9,11H2. The Bertz CT molecular complexity index is 554. The maximum Gasteiger partial charge on any atom is 0.293 e. The first-order valence-corrected chi connectivity index (χ1v) is 8.37. The number of hydrogen-bond acceptors (Lipinski definition) is 4. The molecule has 0 spiro atoms. The van der Waals surface area contributed by atoms with Gasteiger partial charge in [-0.25, -0.2) is 4.98 Å². The second-order valence-electron chi connectivity index (χ2n) is 6.81. The Balaban J connectivity index is 1.39. The zero-order valence-electron chi connectivity index (χ0n) is 12.5. The van der Waals surface area contributed by atoms with Gasteiger partial charge in [-0.2, -0.15) is 0 Å². The van der Waals surface area contributed by atoms with Gasteiger partial charge < -0.3 is 14.8 Å². The van der Waals surface area contributed by atoms with Gasteiger partial charge in [0, 0.05) is 37.6 Å². The van der Waals surface area contributed by atoms with E-state index >= 15 is 0 Å². The Morgan fingerprint density at radius 1 is 1.14 bits per heavy atom. The summed E-state index contributed by atoms with van der Waals surface area (Å²) >= 11 is 0. The van der Waals surface area contributed by atoms with Crippen molar-refractivity contribution < 1.29 is 0 Å². The fraction of sp³-hybridized carbons (Fsp3) is 0.750. The maximum atomic E-state index is 12.5. The molecule has 3 fully saturated rings. The SMILES string of the molecule is O=c1c(N2CCC(NCC3CC3)CC2)nccn1C1CC1. The van der Waals surface area contributed by atoms with Crippen LogP contribution in [0.15, 0.2) is 17.2 Å². The Hall–Kier alpha value is -1.36. The number of nitrogens with one attached hydrogen (secondary N) is 1. The summed E-state index contributed by atoms with van der Waals surface area (Å²) in [7, 11) is 0. The number of rotatable bonds is 5. The van der Waals surface area contributed by atoms with Crippen molar-refractivity contribution in [3.8, 4) is 0 Å². The number of aromatic nitrogens is 2. The summed E-state index contributed by atoms with van der Waals surface area (Å²) in [6, 6.07) is 1.05. The third-order valence-corrected chi connectivity index (χ3v) is 4.98. The summed E-state index contributed by atoms with van der Waals surface area (Å²) in [6.45, 7) is 3.07. The van der Waals surface area contributed by atoms with Gasteiger partial charge in [0.1, 0.15) is 0 Å². The van der Waals surface area contributed by atoms with Crippen LogP contribution in [0.5, 0.6) is 0 Å². The van der Waals surface area contributed by atoms with E-state index in [0.717, 1.165) is 44.7 Å². The van der Waals surface area contributed by atoms with Crippen molar-refractivity contribution in [2.75, 3.05) is 24.5 Å². The van der Waals surface area contributed by atoms with Crippen LogP contribution in [0.25, 0.3) is 0 Å². The van der Waals surface area contributed by atoms with Crippen molar-refractivity contribution in [3.63, 3.8) is 0 Å². The molecule has 2 saturated carbocycles. The van der Waals surface area contributed by atoms with E-state index in [1.54, 1.807) is 6.20 Å². The van der Waals surface area contributed by atoms with Crippen LogP contribution in [0.4, 0.5) is 5.82 Å². The molecule has 0 unspecified atom stereocenters. The lowest BCUT2D eigenvalue weighted by Crippen LogP contribution is -2.45. The predicted octanol–water partition coefficient (Wildman–Crippen LogP) is 1.55. The van der Waals surface area contributed by atoms with E-state index in [9.17, 15) is 4.79 Å². The van der Waals surface area contributed by atoms with Gasteiger partial charge in [0.2, 0.25) is 0 Å². The van der Waals surface area contributed by atoms with Gasteiger partial charge in [-0.3, -0.25) is 4.79 Å². The fourth-order valence-electron chi connectivity index (χ4n) is 3.22. The first kappa shape index (κ1) is 13.3. The van der Waals surface area contributed by atoms with Gasteiger partial charge in [-0.1, -0.05) is 0 Å². The zero-order valence-corrected chi connectivity index (χ0v) is 12.5. The molecule has 2 heterocycles. The zero-order chi connectivity index (χ0) is 14.2. The van der Waals surface area contributed by atoms with Crippen molar-refractivity contribution in [1.82, 2.24) is 14.9 Å². The van der Waals surface area contributed by atoms with E-state index in [-0.39, 0.29) is 5.56 Å². The van der Waals surface area contributed by atoms with Crippen molar-refractivity contribution in [3.05, 3.63) is 22.7 Å². The molecule has 5 nitrogen and oxygen atoms in total. The van der Waals surface area contributed by atoms with Crippen LogP contribution < -0.4 is 15.8 Å². The van der Waals surface area contributed by atoms with Crippen LogP contribution in [0, 0.1) is 5.92 Å². The lowest BCUT2D eigenvalue weighted by Gasteiger charge is -2.33. The Morgan fingerprint density at radius 2 is 1.90 bits per heavy atom. The molecule has 0 aromatic carbocycles. The van der Waals surface area contributed by atoms with E-state index in [0.29, 0.717) is 17.9 Å². The highest BCUT2D eigenvalue weighted by Gasteiger charge is 2.28. The molecule has 4 rings (SSSR count). The molecule has 5 heteroatoms. The van der Waals surface area contributed by atoms with Gasteiger partial charge in [0.25, 0.3) is 5.56 Å². The average molecular weight is 288 g/mol. The minimum atomic E-state index is 0.101. The van der Waals surface area contributed by atoms with E-state index in [4.69, 9.17) is 0 Å². The van der Waals surface area contributed by atoms with E-state index in [1.165, 1.54) is 19.4 Å². The van der Waals surface area contributed by atoms with Crippen molar-refractivity contribution in [1.29, 1.82) is 0 Å². The minimum Gasteiger partial charge on any atom is -0.352 e. The molecule has 0 atom stereocenters. The molecule has 1 saturated heterocycles. The molecule has 3 aliphatic rings. The van der Waals surface area contributed by atoms with E-state index in [1.807, 2.05) is 10.8 Å². The van der Waals surface area contributed by atoms with E-state index in [2.05, 4.69) is 15.2 Å². The molecule has 21 heavy (non-hydrogen) atoms. The Labute approximate surface area is 125 Å². The highest BCUT2D eigenvalue weighted by atomic mass is 16.1. The summed E-state index contributed by atoms with van der Waals surface area (Å²) in [5.74, 6) is 1.59. The molecule has 1 aliphatic heterocycles. The third-order valence-electron chi connectivity index (χ3n) is 4.98. The topological polar surface area (TPSA) is 50.2 Å². The molecule has 0 amide bonds. The Morgan fingerprint density at radius 3 is 2.57 bits per heavy atom. The molecule has 2 aliphatic carbocycles. The highest BCUT2D eigenvalue weighted by Crippen LogP contribution is 2.33. The molecule has 114 valence electrons. The summed E-state index contributed by atoms with van der Waals surface area (Å²) in [5, 5.41) is 3.68. The number of anilines is 1. The van der Waals surface area contributed by atoms with E-state index < -0.39 is 0 Å². The summed E-state index contributed by atoms with van der Waals surface area (Å²) in [5.41, 5.74) is 0.101. The van der Waals surface area contributed by atoms with Gasteiger partial charge in [-0.15, -0.1) is 0 Å². The second kappa shape index (κ2) is 5.44. The van der Waals surface area contributed by atoms with Gasteiger partial charge in [0.15, 0.2) is 5.82 Å².